The number of carbonyl (C=O) groups is 1. The van der Waals surface area contributed by atoms with Crippen LogP contribution in [0.15, 0.2) is 35.0 Å². The number of cyclic esters (lactones) is 1. The van der Waals surface area contributed by atoms with Crippen molar-refractivity contribution in [1.82, 2.24) is 0 Å². The van der Waals surface area contributed by atoms with Crippen molar-refractivity contribution in [3.63, 3.8) is 0 Å². The van der Waals surface area contributed by atoms with Gasteiger partial charge in [-0.3, -0.25) is 0 Å². The van der Waals surface area contributed by atoms with Crippen LogP contribution in [0, 0.1) is 12.8 Å². The summed E-state index contributed by atoms with van der Waals surface area (Å²) < 4.78 is 5.36. The number of carbonyl (C=O) groups excluding carboxylic acids is 1. The van der Waals surface area contributed by atoms with E-state index in [0.29, 0.717) is 17.5 Å². The number of esters is 1. The lowest BCUT2D eigenvalue weighted by atomic mass is 9.89. The average Bonchev–Trinajstić information content (AvgIpc) is 2.81. The highest BCUT2D eigenvalue weighted by Gasteiger charge is 2.29. The lowest BCUT2D eigenvalue weighted by molar-refractivity contribution is -0.130. The number of benzene rings is 1. The van der Waals surface area contributed by atoms with Gasteiger partial charge >= 0.3 is 5.97 Å². The Morgan fingerprint density at radius 2 is 2.05 bits per heavy atom. The Bertz CT molecular complexity index is 580. The monoisotopic (exact) mass is 269 g/mol. The molecule has 3 nitrogen and oxygen atoms in total. The third-order valence-electron chi connectivity index (χ3n) is 3.94. The Labute approximate surface area is 119 Å². The predicted molar refractivity (Wildman–Crippen MR) is 79.3 cm³/mol. The van der Waals surface area contributed by atoms with E-state index in [4.69, 9.17) is 4.74 Å². The molecule has 1 aliphatic heterocycles. The summed E-state index contributed by atoms with van der Waals surface area (Å²) in [5.41, 5.74) is 2.59. The minimum atomic E-state index is -0.313. The lowest BCUT2D eigenvalue weighted by Gasteiger charge is -2.19. The molecule has 104 valence electrons. The highest BCUT2D eigenvalue weighted by Crippen LogP contribution is 2.29. The fraction of sp³-hybridized carbons (Fsp3) is 0.412. The van der Waals surface area contributed by atoms with E-state index in [2.05, 4.69) is 4.99 Å². The summed E-state index contributed by atoms with van der Waals surface area (Å²) in [5, 5.41) is 0. The SMILES string of the molecule is Cc1cccc(/C=C2/N=C(C3CCCCC3)OC2=O)c1. The summed E-state index contributed by atoms with van der Waals surface area (Å²) in [7, 11) is 0. The highest BCUT2D eigenvalue weighted by molar-refractivity contribution is 6.07. The van der Waals surface area contributed by atoms with Crippen LogP contribution < -0.4 is 0 Å². The zero-order valence-electron chi connectivity index (χ0n) is 11.8. The fourth-order valence-corrected chi connectivity index (χ4v) is 2.87. The van der Waals surface area contributed by atoms with Crippen LogP contribution in [0.1, 0.15) is 43.2 Å². The molecule has 20 heavy (non-hydrogen) atoms. The summed E-state index contributed by atoms with van der Waals surface area (Å²) in [6.45, 7) is 2.03. The zero-order chi connectivity index (χ0) is 13.9. The molecule has 1 saturated carbocycles. The van der Waals surface area contributed by atoms with Crippen molar-refractivity contribution in [2.75, 3.05) is 0 Å². The Kier molecular flexibility index (Phi) is 3.68. The molecule has 1 aromatic rings. The molecule has 0 N–H and O–H groups in total. The summed E-state index contributed by atoms with van der Waals surface area (Å²) in [6, 6.07) is 8.02. The molecule has 0 bridgehead atoms. The molecule has 1 aliphatic carbocycles. The van der Waals surface area contributed by atoms with Gasteiger partial charge in [-0.05, 0) is 31.4 Å². The smallest absolute Gasteiger partial charge is 0.363 e. The van der Waals surface area contributed by atoms with Gasteiger partial charge in [-0.15, -0.1) is 0 Å². The molecule has 1 aromatic carbocycles. The molecule has 0 aromatic heterocycles. The second-order valence-electron chi connectivity index (χ2n) is 5.62. The van der Waals surface area contributed by atoms with Crippen molar-refractivity contribution in [2.45, 2.75) is 39.0 Å². The molecule has 3 heteroatoms. The van der Waals surface area contributed by atoms with Gasteiger partial charge in [-0.1, -0.05) is 49.1 Å². The minimum Gasteiger partial charge on any atom is -0.406 e. The number of hydrogen-bond donors (Lipinski definition) is 0. The van der Waals surface area contributed by atoms with Crippen molar-refractivity contribution >= 4 is 17.9 Å². The maximum atomic E-state index is 11.9. The van der Waals surface area contributed by atoms with Crippen LogP contribution in [0.2, 0.25) is 0 Å². The topological polar surface area (TPSA) is 38.7 Å². The van der Waals surface area contributed by atoms with Crippen molar-refractivity contribution < 1.29 is 9.53 Å². The largest absolute Gasteiger partial charge is 0.406 e. The molecule has 0 radical (unpaired) electrons. The van der Waals surface area contributed by atoms with Crippen LogP contribution in [0.3, 0.4) is 0 Å². The third kappa shape index (κ3) is 2.82. The minimum absolute atomic E-state index is 0.313. The highest BCUT2D eigenvalue weighted by atomic mass is 16.6. The number of hydrogen-bond acceptors (Lipinski definition) is 3. The van der Waals surface area contributed by atoms with E-state index < -0.39 is 0 Å². The van der Waals surface area contributed by atoms with Crippen molar-refractivity contribution in [1.29, 1.82) is 0 Å². The second kappa shape index (κ2) is 5.61. The maximum absolute atomic E-state index is 11.9. The molecular weight excluding hydrogens is 250 g/mol. The van der Waals surface area contributed by atoms with Gasteiger partial charge in [-0.25, -0.2) is 9.79 Å². The molecule has 0 spiro atoms. The van der Waals surface area contributed by atoms with E-state index in [0.717, 1.165) is 18.4 Å². The number of aliphatic imine (C=N–C) groups is 1. The van der Waals surface area contributed by atoms with Crippen molar-refractivity contribution in [2.24, 2.45) is 10.9 Å². The Morgan fingerprint density at radius 1 is 1.25 bits per heavy atom. The van der Waals surface area contributed by atoms with E-state index in [1.807, 2.05) is 37.3 Å². The number of nitrogens with zero attached hydrogens (tertiary/aromatic N) is 1. The maximum Gasteiger partial charge on any atom is 0.363 e. The Balaban J connectivity index is 1.82. The molecule has 0 atom stereocenters. The first-order valence-corrected chi connectivity index (χ1v) is 7.31. The van der Waals surface area contributed by atoms with Gasteiger partial charge in [0.05, 0.1) is 0 Å². The van der Waals surface area contributed by atoms with Crippen molar-refractivity contribution in [3.8, 4) is 0 Å². The molecule has 1 fully saturated rings. The van der Waals surface area contributed by atoms with Crippen LogP contribution in [0.4, 0.5) is 0 Å². The fourth-order valence-electron chi connectivity index (χ4n) is 2.87. The van der Waals surface area contributed by atoms with Crippen molar-refractivity contribution in [3.05, 3.63) is 41.1 Å². The molecule has 3 rings (SSSR count). The second-order valence-corrected chi connectivity index (χ2v) is 5.62. The van der Waals surface area contributed by atoms with Crippen LogP contribution >= 0.6 is 0 Å². The quantitative estimate of drug-likeness (QED) is 0.604. The summed E-state index contributed by atoms with van der Waals surface area (Å²) in [6.07, 6.45) is 7.68. The first-order chi connectivity index (χ1) is 9.72. The van der Waals surface area contributed by atoms with Crippen LogP contribution in [-0.2, 0) is 9.53 Å². The predicted octanol–water partition coefficient (Wildman–Crippen LogP) is 3.87. The summed E-state index contributed by atoms with van der Waals surface area (Å²) in [4.78, 5) is 16.3. The first-order valence-electron chi connectivity index (χ1n) is 7.31. The third-order valence-corrected chi connectivity index (χ3v) is 3.94. The molecule has 0 amide bonds. The molecule has 2 aliphatic rings. The van der Waals surface area contributed by atoms with E-state index in [1.54, 1.807) is 0 Å². The number of aryl methyl sites for hydroxylation is 1. The average molecular weight is 269 g/mol. The summed E-state index contributed by atoms with van der Waals surface area (Å²) >= 11 is 0. The molecule has 0 unspecified atom stereocenters. The van der Waals surface area contributed by atoms with Gasteiger partial charge in [0, 0.05) is 5.92 Å². The van der Waals surface area contributed by atoms with Crippen LogP contribution in [0.25, 0.3) is 6.08 Å². The van der Waals surface area contributed by atoms with E-state index in [1.165, 1.54) is 24.8 Å². The van der Waals surface area contributed by atoms with E-state index in [9.17, 15) is 4.79 Å². The molecule has 0 saturated heterocycles. The van der Waals surface area contributed by atoms with Crippen LogP contribution in [-0.4, -0.2) is 11.9 Å². The van der Waals surface area contributed by atoms with E-state index in [-0.39, 0.29) is 5.97 Å². The standard InChI is InChI=1S/C17H19NO2/c1-12-6-5-7-13(10-12)11-15-17(19)20-16(18-15)14-8-3-2-4-9-14/h5-7,10-11,14H,2-4,8-9H2,1H3/b15-11+. The van der Waals surface area contributed by atoms with Crippen LogP contribution in [0.5, 0.6) is 0 Å². The Hall–Kier alpha value is -1.90. The van der Waals surface area contributed by atoms with Gasteiger partial charge < -0.3 is 4.74 Å². The van der Waals surface area contributed by atoms with Gasteiger partial charge in [0.15, 0.2) is 5.70 Å². The van der Waals surface area contributed by atoms with Gasteiger partial charge in [-0.2, -0.15) is 0 Å². The summed E-state index contributed by atoms with van der Waals surface area (Å²) in [5.74, 6) is 0.650. The van der Waals surface area contributed by atoms with E-state index >= 15 is 0 Å². The zero-order valence-corrected chi connectivity index (χ0v) is 11.8. The molecule has 1 heterocycles. The number of ether oxygens (including phenoxy) is 1. The normalized spacial score (nSPS) is 21.9. The first kappa shape index (κ1) is 13.1. The van der Waals surface area contributed by atoms with Gasteiger partial charge in [0.2, 0.25) is 5.90 Å². The molecular formula is C17H19NO2. The number of rotatable bonds is 2. The van der Waals surface area contributed by atoms with Gasteiger partial charge in [0.25, 0.3) is 0 Å². The lowest BCUT2D eigenvalue weighted by Crippen LogP contribution is -2.19. The van der Waals surface area contributed by atoms with Gasteiger partial charge in [0.1, 0.15) is 0 Å². The Morgan fingerprint density at radius 3 is 2.80 bits per heavy atom.